The third kappa shape index (κ3) is 5.22. The first kappa shape index (κ1) is 22.2. The summed E-state index contributed by atoms with van der Waals surface area (Å²) in [7, 11) is 0. The van der Waals surface area contributed by atoms with E-state index in [4.69, 9.17) is 4.74 Å². The van der Waals surface area contributed by atoms with Gasteiger partial charge < -0.3 is 14.5 Å². The van der Waals surface area contributed by atoms with Crippen LogP contribution in [0.15, 0.2) is 29.6 Å². The molecule has 4 rings (SSSR count). The van der Waals surface area contributed by atoms with Gasteiger partial charge in [0.25, 0.3) is 11.8 Å². The van der Waals surface area contributed by atoms with Crippen molar-refractivity contribution in [2.75, 3.05) is 44.3 Å². The Kier molecular flexibility index (Phi) is 6.96. The van der Waals surface area contributed by atoms with E-state index in [1.807, 2.05) is 0 Å². The zero-order valence-electron chi connectivity index (χ0n) is 17.4. The summed E-state index contributed by atoms with van der Waals surface area (Å²) in [6.45, 7) is 3.55. The lowest BCUT2D eigenvalue weighted by Gasteiger charge is -2.31. The number of ether oxygens (including phenoxy) is 1. The third-order valence-electron chi connectivity index (χ3n) is 5.55. The van der Waals surface area contributed by atoms with Crippen molar-refractivity contribution in [1.29, 1.82) is 0 Å². The molecule has 32 heavy (non-hydrogen) atoms. The molecule has 2 saturated heterocycles. The first-order valence-corrected chi connectivity index (χ1v) is 11.3. The molecule has 0 atom stereocenters. The molecule has 2 aliphatic heterocycles. The molecule has 170 valence electrons. The number of carbonyl (C=O) groups excluding carboxylic acids is 3. The minimum atomic E-state index is -0.474. The SMILES string of the molecule is O=C(NNC(=O)C1CCN(C(=O)c2ccc(F)cc2)CC1)c1csc(N2CCOCC2)n1. The number of likely N-dealkylation sites (tertiary alicyclic amines) is 1. The Bertz CT molecular complexity index is 969. The molecule has 0 bridgehead atoms. The van der Waals surface area contributed by atoms with Crippen molar-refractivity contribution in [3.63, 3.8) is 0 Å². The predicted molar refractivity (Wildman–Crippen MR) is 116 cm³/mol. The van der Waals surface area contributed by atoms with Crippen LogP contribution in [-0.4, -0.2) is 67.0 Å². The Hall–Kier alpha value is -3.05. The largest absolute Gasteiger partial charge is 0.378 e. The highest BCUT2D eigenvalue weighted by molar-refractivity contribution is 7.13. The molecule has 11 heteroatoms. The summed E-state index contributed by atoms with van der Waals surface area (Å²) in [5, 5.41) is 2.41. The highest BCUT2D eigenvalue weighted by Crippen LogP contribution is 2.22. The maximum absolute atomic E-state index is 13.0. The Labute approximate surface area is 188 Å². The van der Waals surface area contributed by atoms with Crippen molar-refractivity contribution in [3.8, 4) is 0 Å². The van der Waals surface area contributed by atoms with E-state index >= 15 is 0 Å². The molecule has 0 unspecified atom stereocenters. The highest BCUT2D eigenvalue weighted by Gasteiger charge is 2.28. The molecule has 2 aliphatic rings. The maximum atomic E-state index is 13.0. The predicted octanol–water partition coefficient (Wildman–Crippen LogP) is 1.43. The van der Waals surface area contributed by atoms with Crippen LogP contribution in [0.5, 0.6) is 0 Å². The zero-order valence-corrected chi connectivity index (χ0v) is 18.2. The number of morpholine rings is 1. The maximum Gasteiger partial charge on any atom is 0.289 e. The summed E-state index contributed by atoms with van der Waals surface area (Å²) >= 11 is 1.38. The van der Waals surface area contributed by atoms with Gasteiger partial charge in [-0.05, 0) is 37.1 Å². The summed E-state index contributed by atoms with van der Waals surface area (Å²) in [6.07, 6.45) is 0.957. The number of nitrogens with one attached hydrogen (secondary N) is 2. The quantitative estimate of drug-likeness (QED) is 0.668. The van der Waals surface area contributed by atoms with E-state index in [9.17, 15) is 18.8 Å². The van der Waals surface area contributed by atoms with Crippen molar-refractivity contribution >= 4 is 34.2 Å². The molecule has 2 N–H and O–H groups in total. The Morgan fingerprint density at radius 1 is 1.03 bits per heavy atom. The summed E-state index contributed by atoms with van der Waals surface area (Å²) in [4.78, 5) is 45.4. The van der Waals surface area contributed by atoms with Gasteiger partial charge in [0.2, 0.25) is 5.91 Å². The van der Waals surface area contributed by atoms with Crippen LogP contribution >= 0.6 is 11.3 Å². The summed E-state index contributed by atoms with van der Waals surface area (Å²) in [5.41, 5.74) is 5.56. The van der Waals surface area contributed by atoms with E-state index in [2.05, 4.69) is 20.7 Å². The first-order chi connectivity index (χ1) is 15.5. The summed E-state index contributed by atoms with van der Waals surface area (Å²) < 4.78 is 18.4. The van der Waals surface area contributed by atoms with Gasteiger partial charge in [-0.3, -0.25) is 25.2 Å². The highest BCUT2D eigenvalue weighted by atomic mass is 32.1. The van der Waals surface area contributed by atoms with Gasteiger partial charge in [0.1, 0.15) is 11.5 Å². The second-order valence-electron chi connectivity index (χ2n) is 7.63. The number of benzene rings is 1. The lowest BCUT2D eigenvalue weighted by Crippen LogP contribution is -2.48. The van der Waals surface area contributed by atoms with Crippen LogP contribution in [0.25, 0.3) is 0 Å². The van der Waals surface area contributed by atoms with Crippen LogP contribution in [0, 0.1) is 11.7 Å². The second kappa shape index (κ2) is 10.0. The normalized spacial score (nSPS) is 17.2. The molecule has 1 aromatic heterocycles. The number of aromatic nitrogens is 1. The van der Waals surface area contributed by atoms with Gasteiger partial charge in [0.15, 0.2) is 5.13 Å². The molecule has 9 nitrogen and oxygen atoms in total. The molecule has 3 amide bonds. The monoisotopic (exact) mass is 461 g/mol. The number of thiazole rings is 1. The smallest absolute Gasteiger partial charge is 0.289 e. The number of nitrogens with zero attached hydrogens (tertiary/aromatic N) is 3. The Morgan fingerprint density at radius 2 is 1.72 bits per heavy atom. The second-order valence-corrected chi connectivity index (χ2v) is 8.47. The fourth-order valence-corrected chi connectivity index (χ4v) is 4.53. The fourth-order valence-electron chi connectivity index (χ4n) is 3.67. The number of rotatable bonds is 4. The Morgan fingerprint density at radius 3 is 2.41 bits per heavy atom. The molecular weight excluding hydrogens is 437 g/mol. The molecule has 2 aromatic rings. The average molecular weight is 462 g/mol. The van der Waals surface area contributed by atoms with Gasteiger partial charge >= 0.3 is 0 Å². The standard InChI is InChI=1S/C21H24FN5O4S/c22-16-3-1-15(2-4-16)20(30)26-7-5-14(6-8-26)18(28)24-25-19(29)17-13-32-21(23-17)27-9-11-31-12-10-27/h1-4,13-14H,5-12H2,(H,24,28)(H,25,29). The number of amides is 3. The Balaban J connectivity index is 1.23. The van der Waals surface area contributed by atoms with Crippen molar-refractivity contribution < 1.29 is 23.5 Å². The molecule has 2 fully saturated rings. The van der Waals surface area contributed by atoms with Gasteiger partial charge in [-0.2, -0.15) is 0 Å². The van der Waals surface area contributed by atoms with Gasteiger partial charge in [0.05, 0.1) is 13.2 Å². The number of hydrogen-bond donors (Lipinski definition) is 2. The molecular formula is C21H24FN5O4S. The summed E-state index contributed by atoms with van der Waals surface area (Å²) in [5.74, 6) is -1.66. The molecule has 0 saturated carbocycles. The topological polar surface area (TPSA) is 104 Å². The van der Waals surface area contributed by atoms with Crippen LogP contribution in [0.4, 0.5) is 9.52 Å². The van der Waals surface area contributed by atoms with E-state index in [1.165, 1.54) is 35.6 Å². The minimum absolute atomic E-state index is 0.184. The van der Waals surface area contributed by atoms with Gasteiger partial charge in [0, 0.05) is 43.0 Å². The third-order valence-corrected chi connectivity index (χ3v) is 6.45. The van der Waals surface area contributed by atoms with Gasteiger partial charge in [-0.15, -0.1) is 11.3 Å². The van der Waals surface area contributed by atoms with Crippen LogP contribution < -0.4 is 15.8 Å². The van der Waals surface area contributed by atoms with Gasteiger partial charge in [-0.1, -0.05) is 0 Å². The molecule has 3 heterocycles. The van der Waals surface area contributed by atoms with Crippen molar-refractivity contribution in [3.05, 3.63) is 46.7 Å². The number of hydrogen-bond acceptors (Lipinski definition) is 7. The van der Waals surface area contributed by atoms with E-state index < -0.39 is 11.7 Å². The van der Waals surface area contributed by atoms with Crippen molar-refractivity contribution in [2.45, 2.75) is 12.8 Å². The van der Waals surface area contributed by atoms with E-state index in [0.717, 1.165) is 18.2 Å². The number of halogens is 1. The van der Waals surface area contributed by atoms with Crippen LogP contribution in [-0.2, 0) is 9.53 Å². The number of carbonyl (C=O) groups is 3. The van der Waals surface area contributed by atoms with Crippen LogP contribution in [0.1, 0.15) is 33.7 Å². The molecule has 0 radical (unpaired) electrons. The number of hydrazine groups is 1. The lowest BCUT2D eigenvalue weighted by atomic mass is 9.95. The molecule has 0 spiro atoms. The van der Waals surface area contributed by atoms with Gasteiger partial charge in [-0.25, -0.2) is 9.37 Å². The van der Waals surface area contributed by atoms with Crippen LogP contribution in [0.2, 0.25) is 0 Å². The fraction of sp³-hybridized carbons (Fsp3) is 0.429. The van der Waals surface area contributed by atoms with Crippen molar-refractivity contribution in [2.24, 2.45) is 5.92 Å². The molecule has 1 aromatic carbocycles. The van der Waals surface area contributed by atoms with Crippen molar-refractivity contribution in [1.82, 2.24) is 20.7 Å². The first-order valence-electron chi connectivity index (χ1n) is 10.4. The number of piperidine rings is 1. The average Bonchev–Trinajstić information content (AvgIpc) is 3.34. The minimum Gasteiger partial charge on any atom is -0.378 e. The van der Waals surface area contributed by atoms with E-state index in [1.54, 1.807) is 10.3 Å². The van der Waals surface area contributed by atoms with E-state index in [-0.39, 0.29) is 23.4 Å². The number of anilines is 1. The lowest BCUT2D eigenvalue weighted by molar-refractivity contribution is -0.127. The molecule has 0 aliphatic carbocycles. The zero-order chi connectivity index (χ0) is 22.5. The summed E-state index contributed by atoms with van der Waals surface area (Å²) in [6, 6.07) is 5.41. The van der Waals surface area contributed by atoms with E-state index in [0.29, 0.717) is 44.7 Å². The van der Waals surface area contributed by atoms with Crippen LogP contribution in [0.3, 0.4) is 0 Å².